The Labute approximate surface area is 177 Å². The highest BCUT2D eigenvalue weighted by Gasteiger charge is 2.28. The van der Waals surface area contributed by atoms with Crippen molar-refractivity contribution in [2.75, 3.05) is 18.5 Å². The van der Waals surface area contributed by atoms with Crippen molar-refractivity contribution in [1.82, 2.24) is 5.32 Å². The Hall–Kier alpha value is -3.10. The van der Waals surface area contributed by atoms with Crippen molar-refractivity contribution in [3.05, 3.63) is 58.9 Å². The summed E-state index contributed by atoms with van der Waals surface area (Å²) >= 11 is 0. The fraction of sp³-hybridized carbons (Fsp3) is 0.364. The number of anilines is 1. The van der Waals surface area contributed by atoms with Crippen molar-refractivity contribution < 1.29 is 31.9 Å². The first-order chi connectivity index (χ1) is 14.5. The number of benzene rings is 2. The third-order valence-electron chi connectivity index (χ3n) is 4.47. The van der Waals surface area contributed by atoms with Crippen molar-refractivity contribution in [2.24, 2.45) is 0 Å². The molecule has 0 radical (unpaired) electrons. The Morgan fingerprint density at radius 1 is 1.10 bits per heavy atom. The fourth-order valence-corrected chi connectivity index (χ4v) is 2.65. The molecular formula is C22H24F4N2O3. The van der Waals surface area contributed by atoms with E-state index < -0.39 is 30.4 Å². The molecule has 0 spiro atoms. The van der Waals surface area contributed by atoms with Crippen LogP contribution in [0.5, 0.6) is 5.75 Å². The highest BCUT2D eigenvalue weighted by atomic mass is 19.4. The Bertz CT molecular complexity index is 926. The van der Waals surface area contributed by atoms with Gasteiger partial charge in [0.15, 0.2) is 0 Å². The number of carbonyl (C=O) groups is 2. The second-order valence-electron chi connectivity index (χ2n) is 7.30. The molecule has 0 aromatic heterocycles. The molecule has 0 aliphatic carbocycles. The maximum absolute atomic E-state index is 14.1. The maximum atomic E-state index is 14.1. The van der Waals surface area contributed by atoms with Crippen LogP contribution in [0.15, 0.2) is 36.4 Å². The number of rotatable bonds is 8. The Balaban J connectivity index is 1.95. The number of hydrogen-bond donors (Lipinski definition) is 2. The van der Waals surface area contributed by atoms with Gasteiger partial charge in [0.2, 0.25) is 5.91 Å². The largest absolute Gasteiger partial charge is 0.493 e. The number of hydrogen-bond acceptors (Lipinski definition) is 3. The number of nitrogens with one attached hydrogen (secondary N) is 2. The van der Waals surface area contributed by atoms with Crippen molar-refractivity contribution in [2.45, 2.75) is 39.3 Å². The summed E-state index contributed by atoms with van der Waals surface area (Å²) in [5.41, 5.74) is 0.889. The van der Waals surface area contributed by atoms with E-state index in [1.807, 2.05) is 12.1 Å². The first kappa shape index (κ1) is 24.2. The number of halogens is 4. The number of carbonyl (C=O) groups excluding carboxylic acids is 2. The normalized spacial score (nSPS) is 11.4. The lowest BCUT2D eigenvalue weighted by Crippen LogP contribution is -2.33. The highest BCUT2D eigenvalue weighted by Crippen LogP contribution is 2.22. The van der Waals surface area contributed by atoms with E-state index in [1.54, 1.807) is 17.4 Å². The summed E-state index contributed by atoms with van der Waals surface area (Å²) in [6, 6.07) is 9.42. The third-order valence-corrected chi connectivity index (χ3v) is 4.47. The first-order valence-electron chi connectivity index (χ1n) is 9.64. The molecule has 0 heterocycles. The van der Waals surface area contributed by atoms with Crippen LogP contribution in [0.1, 0.15) is 47.7 Å². The summed E-state index contributed by atoms with van der Waals surface area (Å²) in [6.45, 7) is 4.05. The quantitative estimate of drug-likeness (QED) is 0.571. The van der Waals surface area contributed by atoms with Gasteiger partial charge in [-0.3, -0.25) is 9.59 Å². The number of amides is 2. The molecule has 2 rings (SSSR count). The Morgan fingerprint density at radius 2 is 1.74 bits per heavy atom. The van der Waals surface area contributed by atoms with Crippen LogP contribution < -0.4 is 15.4 Å². The van der Waals surface area contributed by atoms with Crippen LogP contribution in [0.4, 0.5) is 23.2 Å². The molecule has 0 saturated heterocycles. The van der Waals surface area contributed by atoms with E-state index in [2.05, 4.69) is 19.2 Å². The minimum Gasteiger partial charge on any atom is -0.493 e. The maximum Gasteiger partial charge on any atom is 0.405 e. The zero-order valence-corrected chi connectivity index (χ0v) is 17.4. The molecule has 0 saturated carbocycles. The zero-order valence-electron chi connectivity index (χ0n) is 17.4. The summed E-state index contributed by atoms with van der Waals surface area (Å²) < 4.78 is 56.4. The molecule has 31 heavy (non-hydrogen) atoms. The molecule has 0 aliphatic heterocycles. The smallest absolute Gasteiger partial charge is 0.405 e. The monoisotopic (exact) mass is 440 g/mol. The number of alkyl halides is 3. The molecule has 0 aliphatic rings. The Morgan fingerprint density at radius 3 is 2.32 bits per heavy atom. The van der Waals surface area contributed by atoms with Gasteiger partial charge in [-0.05, 0) is 42.7 Å². The molecule has 9 heteroatoms. The van der Waals surface area contributed by atoms with Crippen LogP contribution in [0, 0.1) is 12.7 Å². The molecule has 0 atom stereocenters. The van der Waals surface area contributed by atoms with E-state index in [0.29, 0.717) is 11.7 Å². The minimum absolute atomic E-state index is 0.00319. The zero-order chi connectivity index (χ0) is 23.2. The van der Waals surface area contributed by atoms with E-state index in [-0.39, 0.29) is 29.8 Å². The first-order valence-corrected chi connectivity index (χ1v) is 9.64. The Kier molecular flexibility index (Phi) is 8.01. The minimum atomic E-state index is -4.59. The van der Waals surface area contributed by atoms with Gasteiger partial charge < -0.3 is 15.4 Å². The van der Waals surface area contributed by atoms with Crippen molar-refractivity contribution in [1.29, 1.82) is 0 Å². The van der Waals surface area contributed by atoms with E-state index >= 15 is 0 Å². The molecule has 2 aromatic rings. The molecule has 5 nitrogen and oxygen atoms in total. The predicted octanol–water partition coefficient (Wildman–Crippen LogP) is 4.96. The molecule has 2 aromatic carbocycles. The second-order valence-corrected chi connectivity index (χ2v) is 7.30. The predicted molar refractivity (Wildman–Crippen MR) is 109 cm³/mol. The van der Waals surface area contributed by atoms with Gasteiger partial charge in [-0.2, -0.15) is 13.2 Å². The SMILES string of the molecule is Cc1c(F)cc(C(=O)NCC(F)(F)F)cc1NC(=O)CCOc1ccc(C(C)C)cc1. The third kappa shape index (κ3) is 7.58. The van der Waals surface area contributed by atoms with Crippen LogP contribution in [-0.4, -0.2) is 31.1 Å². The molecule has 0 fully saturated rings. The van der Waals surface area contributed by atoms with Gasteiger partial charge in [0, 0.05) is 16.8 Å². The average Bonchev–Trinajstić information content (AvgIpc) is 2.69. The van der Waals surface area contributed by atoms with Crippen LogP contribution in [0.2, 0.25) is 0 Å². The standard InChI is InChI=1S/C22H24F4N2O3/c1-13(2)15-4-6-17(7-5-15)31-9-8-20(29)28-19-11-16(10-18(23)14(19)3)21(30)27-12-22(24,25)26/h4-7,10-11,13H,8-9,12H2,1-3H3,(H,27,30)(H,28,29). The summed E-state index contributed by atoms with van der Waals surface area (Å²) in [5, 5.41) is 4.13. The summed E-state index contributed by atoms with van der Waals surface area (Å²) in [5.74, 6) is -1.43. The fourth-order valence-electron chi connectivity index (χ4n) is 2.65. The lowest BCUT2D eigenvalue weighted by molar-refractivity contribution is -0.123. The van der Waals surface area contributed by atoms with Gasteiger partial charge >= 0.3 is 6.18 Å². The van der Waals surface area contributed by atoms with E-state index in [4.69, 9.17) is 4.74 Å². The van der Waals surface area contributed by atoms with Crippen LogP contribution in [0.3, 0.4) is 0 Å². The average molecular weight is 440 g/mol. The number of ether oxygens (including phenoxy) is 1. The molecule has 2 amide bonds. The molecule has 0 bridgehead atoms. The molecule has 168 valence electrons. The van der Waals surface area contributed by atoms with Gasteiger partial charge in [-0.25, -0.2) is 4.39 Å². The topological polar surface area (TPSA) is 67.4 Å². The van der Waals surface area contributed by atoms with Crippen molar-refractivity contribution in [3.8, 4) is 5.75 Å². The summed E-state index contributed by atoms with van der Waals surface area (Å²) in [6.07, 6.45) is -4.64. The van der Waals surface area contributed by atoms with Gasteiger partial charge in [-0.1, -0.05) is 26.0 Å². The molecule has 0 unspecified atom stereocenters. The van der Waals surface area contributed by atoms with Crippen LogP contribution in [0.25, 0.3) is 0 Å². The molecular weight excluding hydrogens is 416 g/mol. The van der Waals surface area contributed by atoms with Gasteiger partial charge in [0.1, 0.15) is 18.1 Å². The highest BCUT2D eigenvalue weighted by molar-refractivity contribution is 5.97. The van der Waals surface area contributed by atoms with E-state index in [0.717, 1.165) is 17.7 Å². The summed E-state index contributed by atoms with van der Waals surface area (Å²) in [7, 11) is 0. The van der Waals surface area contributed by atoms with Gasteiger partial charge in [0.25, 0.3) is 5.91 Å². The van der Waals surface area contributed by atoms with Crippen molar-refractivity contribution >= 4 is 17.5 Å². The van der Waals surface area contributed by atoms with Gasteiger partial charge in [-0.15, -0.1) is 0 Å². The lowest BCUT2D eigenvalue weighted by atomic mass is 10.0. The second kappa shape index (κ2) is 10.3. The lowest BCUT2D eigenvalue weighted by Gasteiger charge is -2.13. The van der Waals surface area contributed by atoms with E-state index in [1.165, 1.54) is 6.92 Å². The molecule has 2 N–H and O–H groups in total. The van der Waals surface area contributed by atoms with Crippen LogP contribution in [-0.2, 0) is 4.79 Å². The summed E-state index contributed by atoms with van der Waals surface area (Å²) in [4.78, 5) is 24.1. The van der Waals surface area contributed by atoms with Gasteiger partial charge in [0.05, 0.1) is 13.0 Å². The van der Waals surface area contributed by atoms with Crippen molar-refractivity contribution in [3.63, 3.8) is 0 Å². The van der Waals surface area contributed by atoms with E-state index in [9.17, 15) is 27.2 Å². The van der Waals surface area contributed by atoms with Crippen LogP contribution >= 0.6 is 0 Å².